The van der Waals surface area contributed by atoms with Crippen LogP contribution in [0.4, 0.5) is 8.78 Å². The molecule has 0 atom stereocenters. The summed E-state index contributed by atoms with van der Waals surface area (Å²) in [6, 6.07) is 9.27. The van der Waals surface area contributed by atoms with Gasteiger partial charge in [-0.05, 0) is 30.3 Å². The number of aromatic carboxylic acids is 1. The molecule has 0 unspecified atom stereocenters. The lowest BCUT2D eigenvalue weighted by atomic mass is 10.2. The number of hydrogen-bond donors (Lipinski definition) is 1. The lowest BCUT2D eigenvalue weighted by molar-refractivity contribution is 0.0693. The van der Waals surface area contributed by atoms with Crippen LogP contribution in [-0.4, -0.2) is 11.1 Å². The van der Waals surface area contributed by atoms with E-state index in [1.165, 1.54) is 6.07 Å². The Bertz CT molecular complexity index is 599. The highest BCUT2D eigenvalue weighted by Crippen LogP contribution is 2.32. The fourth-order valence-electron chi connectivity index (χ4n) is 1.41. The Morgan fingerprint density at radius 1 is 1.06 bits per heavy atom. The third-order valence-corrected chi connectivity index (χ3v) is 3.34. The van der Waals surface area contributed by atoms with Crippen molar-refractivity contribution in [1.82, 2.24) is 0 Å². The Hall–Kier alpha value is -1.88. The summed E-state index contributed by atoms with van der Waals surface area (Å²) < 4.78 is 26.5. The number of carbonyl (C=O) groups is 1. The molecule has 1 N–H and O–H groups in total. The van der Waals surface area contributed by atoms with Gasteiger partial charge in [0.25, 0.3) is 0 Å². The zero-order chi connectivity index (χ0) is 13.1. The molecule has 18 heavy (non-hydrogen) atoms. The SMILES string of the molecule is O=C(O)c1ccccc1Sc1cc(F)ccc1F. The zero-order valence-electron chi connectivity index (χ0n) is 9.06. The van der Waals surface area contributed by atoms with Gasteiger partial charge < -0.3 is 5.11 Å². The quantitative estimate of drug-likeness (QED) is 0.917. The van der Waals surface area contributed by atoms with E-state index in [0.717, 1.165) is 30.0 Å². The third-order valence-electron chi connectivity index (χ3n) is 2.23. The maximum atomic E-state index is 13.5. The van der Waals surface area contributed by atoms with E-state index in [2.05, 4.69) is 0 Å². The molecule has 0 amide bonds. The highest BCUT2D eigenvalue weighted by Gasteiger charge is 2.12. The molecule has 0 radical (unpaired) electrons. The Morgan fingerprint density at radius 2 is 1.78 bits per heavy atom. The molecular formula is C13H8F2O2S. The molecular weight excluding hydrogens is 258 g/mol. The highest BCUT2D eigenvalue weighted by atomic mass is 32.2. The van der Waals surface area contributed by atoms with E-state index in [-0.39, 0.29) is 10.5 Å². The number of benzene rings is 2. The molecule has 0 saturated carbocycles. The van der Waals surface area contributed by atoms with Gasteiger partial charge in [-0.1, -0.05) is 23.9 Å². The summed E-state index contributed by atoms with van der Waals surface area (Å²) in [7, 11) is 0. The average Bonchev–Trinajstić information content (AvgIpc) is 2.34. The lowest BCUT2D eigenvalue weighted by Crippen LogP contribution is -1.98. The first-order chi connectivity index (χ1) is 8.58. The van der Waals surface area contributed by atoms with Crippen LogP contribution in [0.3, 0.4) is 0 Å². The van der Waals surface area contributed by atoms with Crippen molar-refractivity contribution in [3.05, 3.63) is 59.7 Å². The topological polar surface area (TPSA) is 37.3 Å². The second-order valence-electron chi connectivity index (χ2n) is 3.48. The van der Waals surface area contributed by atoms with Gasteiger partial charge in [-0.25, -0.2) is 13.6 Å². The summed E-state index contributed by atoms with van der Waals surface area (Å²) in [6.45, 7) is 0. The standard InChI is InChI=1S/C13H8F2O2S/c14-8-5-6-10(15)12(7-8)18-11-4-2-1-3-9(11)13(16)17/h1-7H,(H,16,17). The van der Waals surface area contributed by atoms with Crippen LogP contribution in [0, 0.1) is 11.6 Å². The third kappa shape index (κ3) is 2.68. The van der Waals surface area contributed by atoms with E-state index >= 15 is 0 Å². The van der Waals surface area contributed by atoms with Gasteiger partial charge in [-0.15, -0.1) is 0 Å². The van der Waals surface area contributed by atoms with Crippen LogP contribution in [-0.2, 0) is 0 Å². The molecule has 5 heteroatoms. The van der Waals surface area contributed by atoms with Crippen molar-refractivity contribution in [2.45, 2.75) is 9.79 Å². The molecule has 2 aromatic rings. The van der Waals surface area contributed by atoms with Crippen LogP contribution in [0.5, 0.6) is 0 Å². The first-order valence-corrected chi connectivity index (χ1v) is 5.85. The fraction of sp³-hybridized carbons (Fsp3) is 0. The van der Waals surface area contributed by atoms with Gasteiger partial charge in [-0.2, -0.15) is 0 Å². The van der Waals surface area contributed by atoms with E-state index in [1.807, 2.05) is 0 Å². The minimum absolute atomic E-state index is 0.0590. The maximum Gasteiger partial charge on any atom is 0.336 e. The highest BCUT2D eigenvalue weighted by molar-refractivity contribution is 7.99. The van der Waals surface area contributed by atoms with E-state index in [0.29, 0.717) is 4.90 Å². The van der Waals surface area contributed by atoms with Crippen molar-refractivity contribution in [3.63, 3.8) is 0 Å². The number of halogens is 2. The van der Waals surface area contributed by atoms with Crippen molar-refractivity contribution in [1.29, 1.82) is 0 Å². The van der Waals surface area contributed by atoms with E-state index in [1.54, 1.807) is 18.2 Å². The summed E-state index contributed by atoms with van der Waals surface area (Å²) in [5, 5.41) is 8.99. The Kier molecular flexibility index (Phi) is 3.62. The number of rotatable bonds is 3. The molecule has 0 saturated heterocycles. The molecule has 0 aliphatic rings. The first kappa shape index (κ1) is 12.6. The maximum absolute atomic E-state index is 13.5. The summed E-state index contributed by atoms with van der Waals surface area (Å²) in [5.74, 6) is -2.25. The molecule has 0 aliphatic heterocycles. The van der Waals surface area contributed by atoms with Crippen molar-refractivity contribution in [3.8, 4) is 0 Å². The normalized spacial score (nSPS) is 10.3. The summed E-state index contributed by atoms with van der Waals surface area (Å²) in [6.07, 6.45) is 0. The molecule has 2 rings (SSSR count). The molecule has 92 valence electrons. The second-order valence-corrected chi connectivity index (χ2v) is 4.56. The summed E-state index contributed by atoms with van der Waals surface area (Å²) in [4.78, 5) is 11.4. The Morgan fingerprint density at radius 3 is 2.50 bits per heavy atom. The van der Waals surface area contributed by atoms with Crippen LogP contribution >= 0.6 is 11.8 Å². The predicted octanol–water partition coefficient (Wildman–Crippen LogP) is 3.81. The second kappa shape index (κ2) is 5.18. The first-order valence-electron chi connectivity index (χ1n) is 5.03. The molecule has 2 nitrogen and oxygen atoms in total. The van der Waals surface area contributed by atoms with Gasteiger partial charge in [0.1, 0.15) is 11.6 Å². The summed E-state index contributed by atoms with van der Waals surface area (Å²) in [5.41, 5.74) is 0.0613. The van der Waals surface area contributed by atoms with Crippen molar-refractivity contribution >= 4 is 17.7 Å². The fourth-order valence-corrected chi connectivity index (χ4v) is 2.39. The minimum atomic E-state index is -1.10. The van der Waals surface area contributed by atoms with Gasteiger partial charge in [0.15, 0.2) is 0 Å². The van der Waals surface area contributed by atoms with Crippen LogP contribution in [0.1, 0.15) is 10.4 Å². The number of carboxylic acid groups (broad SMARTS) is 1. The Balaban J connectivity index is 2.40. The molecule has 0 fully saturated rings. The summed E-state index contributed by atoms with van der Waals surface area (Å²) >= 11 is 0.887. The molecule has 0 spiro atoms. The van der Waals surface area contributed by atoms with E-state index in [9.17, 15) is 13.6 Å². The molecule has 0 bridgehead atoms. The van der Waals surface area contributed by atoms with Crippen molar-refractivity contribution in [2.75, 3.05) is 0 Å². The van der Waals surface area contributed by atoms with Crippen molar-refractivity contribution < 1.29 is 18.7 Å². The van der Waals surface area contributed by atoms with Crippen LogP contribution in [0.25, 0.3) is 0 Å². The molecule has 0 aliphatic carbocycles. The van der Waals surface area contributed by atoms with Crippen LogP contribution < -0.4 is 0 Å². The largest absolute Gasteiger partial charge is 0.478 e. The average molecular weight is 266 g/mol. The number of carboxylic acids is 1. The molecule has 2 aromatic carbocycles. The molecule has 0 heterocycles. The smallest absolute Gasteiger partial charge is 0.336 e. The van der Waals surface area contributed by atoms with Gasteiger partial charge in [-0.3, -0.25) is 0 Å². The van der Waals surface area contributed by atoms with Crippen LogP contribution in [0.15, 0.2) is 52.3 Å². The van der Waals surface area contributed by atoms with Gasteiger partial charge in [0, 0.05) is 4.90 Å². The van der Waals surface area contributed by atoms with Crippen molar-refractivity contribution in [2.24, 2.45) is 0 Å². The zero-order valence-corrected chi connectivity index (χ0v) is 9.88. The van der Waals surface area contributed by atoms with Gasteiger partial charge >= 0.3 is 5.97 Å². The monoisotopic (exact) mass is 266 g/mol. The molecule has 0 aromatic heterocycles. The number of hydrogen-bond acceptors (Lipinski definition) is 2. The van der Waals surface area contributed by atoms with Gasteiger partial charge in [0.2, 0.25) is 0 Å². The van der Waals surface area contributed by atoms with E-state index in [4.69, 9.17) is 5.11 Å². The van der Waals surface area contributed by atoms with Gasteiger partial charge in [0.05, 0.1) is 10.5 Å². The van der Waals surface area contributed by atoms with E-state index < -0.39 is 17.6 Å². The van der Waals surface area contributed by atoms with Crippen LogP contribution in [0.2, 0.25) is 0 Å². The minimum Gasteiger partial charge on any atom is -0.478 e. The lowest BCUT2D eigenvalue weighted by Gasteiger charge is -2.06. The predicted molar refractivity (Wildman–Crippen MR) is 63.9 cm³/mol. The Labute approximate surface area is 106 Å².